The molecule has 1 aliphatic carbocycles. The molecule has 2 amide bonds. The number of carbonyl (C=O) groups is 2. The Bertz CT molecular complexity index is 574. The molecule has 0 radical (unpaired) electrons. The van der Waals surface area contributed by atoms with Crippen LogP contribution in [0, 0.1) is 5.92 Å². The van der Waals surface area contributed by atoms with E-state index < -0.39 is 0 Å². The number of amides is 2. The van der Waals surface area contributed by atoms with E-state index in [0.29, 0.717) is 19.5 Å². The Hall–Kier alpha value is -1.82. The molecule has 0 aromatic carbocycles. The van der Waals surface area contributed by atoms with Gasteiger partial charge in [-0.15, -0.1) is 0 Å². The molecule has 2 aliphatic heterocycles. The first-order valence-corrected chi connectivity index (χ1v) is 8.53. The monoisotopic (exact) mass is 317 g/mol. The van der Waals surface area contributed by atoms with Gasteiger partial charge in [0, 0.05) is 45.2 Å². The van der Waals surface area contributed by atoms with E-state index in [1.807, 2.05) is 17.0 Å². The molecule has 3 fully saturated rings. The van der Waals surface area contributed by atoms with Gasteiger partial charge in [-0.05, 0) is 25.0 Å². The number of hydrogen-bond acceptors (Lipinski definition) is 4. The number of furan rings is 1. The summed E-state index contributed by atoms with van der Waals surface area (Å²) in [4.78, 5) is 31.0. The maximum atomic E-state index is 12.7. The first kappa shape index (κ1) is 14.8. The summed E-state index contributed by atoms with van der Waals surface area (Å²) in [5.74, 6) is 0.779. The number of rotatable bonds is 4. The third kappa shape index (κ3) is 3.13. The lowest BCUT2D eigenvalue weighted by Gasteiger charge is -2.36. The van der Waals surface area contributed by atoms with Crippen molar-refractivity contribution in [2.75, 3.05) is 32.7 Å². The summed E-state index contributed by atoms with van der Waals surface area (Å²) in [5, 5.41) is 0. The van der Waals surface area contributed by atoms with Crippen LogP contribution in [-0.2, 0) is 16.1 Å². The number of piperazine rings is 1. The molecule has 6 nitrogen and oxygen atoms in total. The zero-order valence-electron chi connectivity index (χ0n) is 13.3. The summed E-state index contributed by atoms with van der Waals surface area (Å²) in [6.45, 7) is 4.54. The van der Waals surface area contributed by atoms with Gasteiger partial charge in [0.1, 0.15) is 5.76 Å². The molecule has 23 heavy (non-hydrogen) atoms. The largest absolute Gasteiger partial charge is 0.467 e. The van der Waals surface area contributed by atoms with E-state index in [1.165, 1.54) is 12.8 Å². The van der Waals surface area contributed by atoms with Crippen LogP contribution < -0.4 is 0 Å². The Labute approximate surface area is 136 Å². The van der Waals surface area contributed by atoms with Gasteiger partial charge in [0.2, 0.25) is 11.8 Å². The molecule has 4 rings (SSSR count). The minimum atomic E-state index is -0.190. The molecule has 1 aromatic rings. The van der Waals surface area contributed by atoms with Gasteiger partial charge in [-0.25, -0.2) is 0 Å². The fourth-order valence-electron chi connectivity index (χ4n) is 3.69. The van der Waals surface area contributed by atoms with Crippen LogP contribution in [0.15, 0.2) is 22.8 Å². The lowest BCUT2D eigenvalue weighted by molar-refractivity contribution is -0.137. The summed E-state index contributed by atoms with van der Waals surface area (Å²) >= 11 is 0. The van der Waals surface area contributed by atoms with Crippen LogP contribution in [0.3, 0.4) is 0 Å². The van der Waals surface area contributed by atoms with Crippen molar-refractivity contribution in [3.8, 4) is 0 Å². The summed E-state index contributed by atoms with van der Waals surface area (Å²) in [5.41, 5.74) is 0. The predicted octanol–water partition coefficient (Wildman–Crippen LogP) is 0.935. The molecule has 0 unspecified atom stereocenters. The van der Waals surface area contributed by atoms with Crippen molar-refractivity contribution >= 4 is 11.8 Å². The van der Waals surface area contributed by atoms with E-state index in [4.69, 9.17) is 4.42 Å². The number of carbonyl (C=O) groups excluding carboxylic acids is 2. The van der Waals surface area contributed by atoms with Crippen LogP contribution in [0.2, 0.25) is 0 Å². The smallest absolute Gasteiger partial charge is 0.228 e. The minimum absolute atomic E-state index is 0.0522. The van der Waals surface area contributed by atoms with Crippen molar-refractivity contribution in [1.29, 1.82) is 0 Å². The number of likely N-dealkylation sites (tertiary alicyclic amines) is 1. The fraction of sp³-hybridized carbons (Fsp3) is 0.647. The molecule has 3 aliphatic rings. The molecule has 2 saturated heterocycles. The van der Waals surface area contributed by atoms with Crippen molar-refractivity contribution in [1.82, 2.24) is 14.7 Å². The molecular formula is C17H23N3O3. The standard InChI is InChI=1S/C17H23N3O3/c21-16-10-13(11-20(16)12-15-2-1-9-23-15)17(22)19-7-5-18(6-8-19)14-3-4-14/h1-2,9,13-14H,3-8,10-12H2/t13-/m1/s1. The average molecular weight is 317 g/mol. The van der Waals surface area contributed by atoms with E-state index in [9.17, 15) is 9.59 Å². The van der Waals surface area contributed by atoms with Crippen molar-refractivity contribution in [2.45, 2.75) is 31.8 Å². The zero-order valence-corrected chi connectivity index (χ0v) is 13.3. The van der Waals surface area contributed by atoms with Gasteiger partial charge in [0.25, 0.3) is 0 Å². The predicted molar refractivity (Wildman–Crippen MR) is 83.4 cm³/mol. The van der Waals surface area contributed by atoms with Gasteiger partial charge >= 0.3 is 0 Å². The molecule has 0 N–H and O–H groups in total. The molecule has 1 aromatic heterocycles. The van der Waals surface area contributed by atoms with Crippen LogP contribution in [-0.4, -0.2) is 65.3 Å². The van der Waals surface area contributed by atoms with Crippen LogP contribution in [0.1, 0.15) is 25.0 Å². The van der Waals surface area contributed by atoms with Crippen molar-refractivity contribution < 1.29 is 14.0 Å². The molecule has 0 bridgehead atoms. The summed E-state index contributed by atoms with van der Waals surface area (Å²) in [6, 6.07) is 4.45. The Kier molecular flexibility index (Phi) is 3.85. The summed E-state index contributed by atoms with van der Waals surface area (Å²) < 4.78 is 5.30. The lowest BCUT2D eigenvalue weighted by Crippen LogP contribution is -2.51. The molecule has 6 heteroatoms. The van der Waals surface area contributed by atoms with E-state index in [1.54, 1.807) is 11.2 Å². The van der Waals surface area contributed by atoms with Gasteiger partial charge in [-0.1, -0.05) is 0 Å². The van der Waals surface area contributed by atoms with Gasteiger partial charge in [-0.3, -0.25) is 14.5 Å². The second kappa shape index (κ2) is 6.00. The van der Waals surface area contributed by atoms with Gasteiger partial charge < -0.3 is 14.2 Å². The highest BCUT2D eigenvalue weighted by Gasteiger charge is 2.38. The molecule has 124 valence electrons. The van der Waals surface area contributed by atoms with Crippen LogP contribution in [0.4, 0.5) is 0 Å². The first-order chi connectivity index (χ1) is 11.2. The Morgan fingerprint density at radius 3 is 2.65 bits per heavy atom. The van der Waals surface area contributed by atoms with E-state index in [-0.39, 0.29) is 17.7 Å². The van der Waals surface area contributed by atoms with E-state index in [2.05, 4.69) is 4.90 Å². The van der Waals surface area contributed by atoms with E-state index in [0.717, 1.165) is 38.0 Å². The van der Waals surface area contributed by atoms with Crippen LogP contribution in [0.5, 0.6) is 0 Å². The van der Waals surface area contributed by atoms with E-state index >= 15 is 0 Å². The maximum Gasteiger partial charge on any atom is 0.228 e. The maximum absolute atomic E-state index is 12.7. The molecule has 3 heterocycles. The summed E-state index contributed by atoms with van der Waals surface area (Å²) in [6.07, 6.45) is 4.57. The van der Waals surface area contributed by atoms with Crippen molar-refractivity contribution in [2.24, 2.45) is 5.92 Å². The van der Waals surface area contributed by atoms with Gasteiger partial charge in [0.05, 0.1) is 18.7 Å². The highest BCUT2D eigenvalue weighted by atomic mass is 16.3. The Balaban J connectivity index is 1.31. The van der Waals surface area contributed by atoms with Crippen LogP contribution in [0.25, 0.3) is 0 Å². The highest BCUT2D eigenvalue weighted by molar-refractivity contribution is 5.89. The molecule has 0 spiro atoms. The number of nitrogens with zero attached hydrogens (tertiary/aromatic N) is 3. The minimum Gasteiger partial charge on any atom is -0.467 e. The third-order valence-corrected chi connectivity index (χ3v) is 5.18. The molecule has 1 atom stereocenters. The van der Waals surface area contributed by atoms with Gasteiger partial charge in [-0.2, -0.15) is 0 Å². The zero-order chi connectivity index (χ0) is 15.8. The fourth-order valence-corrected chi connectivity index (χ4v) is 3.69. The third-order valence-electron chi connectivity index (χ3n) is 5.18. The lowest BCUT2D eigenvalue weighted by atomic mass is 10.1. The number of hydrogen-bond donors (Lipinski definition) is 0. The second-order valence-electron chi connectivity index (χ2n) is 6.85. The van der Waals surface area contributed by atoms with Crippen molar-refractivity contribution in [3.63, 3.8) is 0 Å². The van der Waals surface area contributed by atoms with Gasteiger partial charge in [0.15, 0.2) is 0 Å². The Morgan fingerprint density at radius 2 is 2.00 bits per heavy atom. The SMILES string of the molecule is O=C1C[C@@H](C(=O)N2CCN(C3CC3)CC2)CN1Cc1ccco1. The van der Waals surface area contributed by atoms with Crippen LogP contribution >= 0.6 is 0 Å². The molecular weight excluding hydrogens is 294 g/mol. The normalized spacial score (nSPS) is 26.1. The van der Waals surface area contributed by atoms with Crippen molar-refractivity contribution in [3.05, 3.63) is 24.2 Å². The average Bonchev–Trinajstić information content (AvgIpc) is 3.18. The summed E-state index contributed by atoms with van der Waals surface area (Å²) in [7, 11) is 0. The molecule has 1 saturated carbocycles. The first-order valence-electron chi connectivity index (χ1n) is 8.53. The second-order valence-corrected chi connectivity index (χ2v) is 6.85. The topological polar surface area (TPSA) is 57.0 Å². The highest BCUT2D eigenvalue weighted by Crippen LogP contribution is 2.28. The Morgan fingerprint density at radius 1 is 1.22 bits per heavy atom. The quantitative estimate of drug-likeness (QED) is 0.829.